The highest BCUT2D eigenvalue weighted by molar-refractivity contribution is 5.97. The largest absolute Gasteiger partial charge is 0.490 e. The molecule has 0 amide bonds. The minimum atomic E-state index is -0.347. The molecule has 2 heterocycles. The Kier molecular flexibility index (Phi) is 7.32. The maximum absolute atomic E-state index is 12.6. The van der Waals surface area contributed by atoms with E-state index in [4.69, 9.17) is 14.2 Å². The zero-order valence-corrected chi connectivity index (χ0v) is 18.9. The van der Waals surface area contributed by atoms with Gasteiger partial charge in [0.05, 0.1) is 11.6 Å². The van der Waals surface area contributed by atoms with E-state index in [0.717, 1.165) is 36.1 Å². The number of benzene rings is 2. The molecule has 1 saturated heterocycles. The second-order valence-electron chi connectivity index (χ2n) is 8.54. The van der Waals surface area contributed by atoms with Crippen molar-refractivity contribution in [3.63, 3.8) is 0 Å². The van der Waals surface area contributed by atoms with Gasteiger partial charge in [-0.05, 0) is 51.4 Å². The van der Waals surface area contributed by atoms with Crippen molar-refractivity contribution in [2.75, 3.05) is 26.2 Å². The molecule has 6 heteroatoms. The van der Waals surface area contributed by atoms with Gasteiger partial charge in [0.2, 0.25) is 0 Å². The first-order valence-corrected chi connectivity index (χ1v) is 11.5. The van der Waals surface area contributed by atoms with Crippen LogP contribution in [0.2, 0.25) is 0 Å². The second kappa shape index (κ2) is 10.6. The maximum atomic E-state index is 12.6. The van der Waals surface area contributed by atoms with Crippen LogP contribution in [-0.2, 0) is 11.3 Å². The van der Waals surface area contributed by atoms with Gasteiger partial charge in [0.25, 0.3) is 0 Å². The number of nitrogens with one attached hydrogen (secondary N) is 1. The van der Waals surface area contributed by atoms with Crippen LogP contribution in [0.25, 0.3) is 10.9 Å². The Morgan fingerprint density at radius 2 is 1.84 bits per heavy atom. The first-order chi connectivity index (χ1) is 15.6. The number of carbonyl (C=O) groups is 1. The normalized spacial score (nSPS) is 14.6. The summed E-state index contributed by atoms with van der Waals surface area (Å²) < 4.78 is 17.6. The Morgan fingerprint density at radius 1 is 1.06 bits per heavy atom. The van der Waals surface area contributed by atoms with Crippen molar-refractivity contribution in [2.24, 2.45) is 0 Å². The fourth-order valence-electron chi connectivity index (χ4n) is 3.99. The van der Waals surface area contributed by atoms with Crippen molar-refractivity contribution in [3.05, 3.63) is 59.8 Å². The number of rotatable bonds is 9. The molecule has 3 aromatic rings. The molecule has 1 aliphatic heterocycles. The fourth-order valence-corrected chi connectivity index (χ4v) is 3.99. The summed E-state index contributed by atoms with van der Waals surface area (Å²) in [4.78, 5) is 18.2. The van der Waals surface area contributed by atoms with Crippen molar-refractivity contribution in [1.82, 2.24) is 9.88 Å². The molecule has 2 aromatic carbocycles. The van der Waals surface area contributed by atoms with E-state index in [2.05, 4.69) is 9.88 Å². The number of fused-ring (bicyclic) bond motifs is 1. The molecule has 32 heavy (non-hydrogen) atoms. The number of H-pyrrole nitrogens is 1. The molecule has 0 saturated carbocycles. The van der Waals surface area contributed by atoms with Gasteiger partial charge in [-0.25, -0.2) is 4.79 Å². The Hall–Kier alpha value is -2.99. The molecular formula is C26H32N2O4. The predicted molar refractivity (Wildman–Crippen MR) is 125 cm³/mol. The van der Waals surface area contributed by atoms with Crippen LogP contribution in [0.15, 0.2) is 48.5 Å². The van der Waals surface area contributed by atoms with Gasteiger partial charge in [0.15, 0.2) is 0 Å². The third kappa shape index (κ3) is 5.82. The van der Waals surface area contributed by atoms with Crippen LogP contribution in [0.1, 0.15) is 49.2 Å². The molecule has 0 radical (unpaired) electrons. The van der Waals surface area contributed by atoms with Gasteiger partial charge >= 0.3 is 5.97 Å². The van der Waals surface area contributed by atoms with Gasteiger partial charge in [0, 0.05) is 24.1 Å². The Bertz CT molecular complexity index is 1020. The van der Waals surface area contributed by atoms with Crippen LogP contribution in [0.4, 0.5) is 0 Å². The summed E-state index contributed by atoms with van der Waals surface area (Å²) in [6, 6.07) is 15.6. The zero-order valence-electron chi connectivity index (χ0n) is 18.9. The lowest BCUT2D eigenvalue weighted by atomic mass is 10.1. The maximum Gasteiger partial charge on any atom is 0.354 e. The van der Waals surface area contributed by atoms with Crippen LogP contribution >= 0.6 is 0 Å². The Labute approximate surface area is 189 Å². The van der Waals surface area contributed by atoms with Crippen molar-refractivity contribution >= 4 is 16.9 Å². The number of hydrogen-bond acceptors (Lipinski definition) is 5. The smallest absolute Gasteiger partial charge is 0.354 e. The summed E-state index contributed by atoms with van der Waals surface area (Å²) in [7, 11) is 0. The molecule has 0 aliphatic carbocycles. The van der Waals surface area contributed by atoms with E-state index in [0.29, 0.717) is 30.4 Å². The van der Waals surface area contributed by atoms with Gasteiger partial charge < -0.3 is 19.2 Å². The average Bonchev–Trinajstić information content (AvgIpc) is 3.23. The van der Waals surface area contributed by atoms with Gasteiger partial charge in [-0.3, -0.25) is 4.90 Å². The lowest BCUT2D eigenvalue weighted by Crippen LogP contribution is -2.33. The Balaban J connectivity index is 1.47. The molecule has 170 valence electrons. The molecule has 1 N–H and O–H groups in total. The summed E-state index contributed by atoms with van der Waals surface area (Å²) >= 11 is 0. The summed E-state index contributed by atoms with van der Waals surface area (Å²) in [6.45, 7) is 7.77. The topological polar surface area (TPSA) is 63.8 Å². The minimum Gasteiger partial charge on any atom is -0.490 e. The standard InChI is InChI=1S/C26H32N2O4/c1-19(2)32-25-16-21(31-18-20-9-5-3-6-10-20)15-23-22(25)17-24(27-23)26(29)30-14-13-28-11-7-4-8-12-28/h3,5-6,9-10,15-17,19,27H,4,7-8,11-14,18H2,1-2H3. The second-order valence-corrected chi connectivity index (χ2v) is 8.54. The number of carbonyl (C=O) groups excluding carboxylic acids is 1. The van der Waals surface area contributed by atoms with Gasteiger partial charge in [-0.2, -0.15) is 0 Å². The van der Waals surface area contributed by atoms with Crippen LogP contribution in [0.3, 0.4) is 0 Å². The van der Waals surface area contributed by atoms with Crippen molar-refractivity contribution in [1.29, 1.82) is 0 Å². The van der Waals surface area contributed by atoms with Gasteiger partial charge in [-0.1, -0.05) is 36.8 Å². The third-order valence-corrected chi connectivity index (χ3v) is 5.59. The third-order valence-electron chi connectivity index (χ3n) is 5.59. The Morgan fingerprint density at radius 3 is 2.59 bits per heavy atom. The van der Waals surface area contributed by atoms with Crippen molar-refractivity contribution in [2.45, 2.75) is 45.8 Å². The SMILES string of the molecule is CC(C)Oc1cc(OCc2ccccc2)cc2[nH]c(C(=O)OCCN3CCCCC3)cc12. The van der Waals surface area contributed by atoms with E-state index in [9.17, 15) is 4.79 Å². The molecular weight excluding hydrogens is 404 g/mol. The first kappa shape index (κ1) is 22.2. The number of esters is 1. The number of piperidine rings is 1. The van der Waals surface area contributed by atoms with Crippen LogP contribution in [0, 0.1) is 0 Å². The number of aromatic nitrogens is 1. The van der Waals surface area contributed by atoms with E-state index < -0.39 is 0 Å². The monoisotopic (exact) mass is 436 g/mol. The van der Waals surface area contributed by atoms with Crippen molar-refractivity contribution in [3.8, 4) is 11.5 Å². The summed E-state index contributed by atoms with van der Waals surface area (Å²) in [6.07, 6.45) is 3.74. The molecule has 0 atom stereocenters. The summed E-state index contributed by atoms with van der Waals surface area (Å²) in [5, 5.41) is 0.841. The first-order valence-electron chi connectivity index (χ1n) is 11.5. The number of ether oxygens (including phenoxy) is 3. The molecule has 1 aromatic heterocycles. The highest BCUT2D eigenvalue weighted by Gasteiger charge is 2.17. The number of nitrogens with zero attached hydrogens (tertiary/aromatic N) is 1. The summed E-state index contributed by atoms with van der Waals surface area (Å²) in [5.41, 5.74) is 2.30. The fraction of sp³-hybridized carbons (Fsp3) is 0.423. The highest BCUT2D eigenvalue weighted by atomic mass is 16.5. The molecule has 0 spiro atoms. The van der Waals surface area contributed by atoms with Crippen LogP contribution < -0.4 is 9.47 Å². The van der Waals surface area contributed by atoms with E-state index in [1.807, 2.05) is 56.3 Å². The molecule has 1 fully saturated rings. The van der Waals surface area contributed by atoms with Crippen LogP contribution in [-0.4, -0.2) is 48.2 Å². The zero-order chi connectivity index (χ0) is 22.3. The number of aromatic amines is 1. The van der Waals surface area contributed by atoms with Gasteiger partial charge in [0.1, 0.15) is 30.4 Å². The van der Waals surface area contributed by atoms with E-state index >= 15 is 0 Å². The molecule has 4 rings (SSSR count). The summed E-state index contributed by atoms with van der Waals surface area (Å²) in [5.74, 6) is 1.02. The highest BCUT2D eigenvalue weighted by Crippen LogP contribution is 2.33. The molecule has 0 unspecified atom stereocenters. The lowest BCUT2D eigenvalue weighted by molar-refractivity contribution is 0.0446. The van der Waals surface area contributed by atoms with E-state index in [-0.39, 0.29) is 12.1 Å². The van der Waals surface area contributed by atoms with Crippen LogP contribution in [0.5, 0.6) is 11.5 Å². The van der Waals surface area contributed by atoms with E-state index in [1.54, 1.807) is 6.07 Å². The molecule has 0 bridgehead atoms. The lowest BCUT2D eigenvalue weighted by Gasteiger charge is -2.25. The van der Waals surface area contributed by atoms with E-state index in [1.165, 1.54) is 19.3 Å². The van der Waals surface area contributed by atoms with Crippen molar-refractivity contribution < 1.29 is 19.0 Å². The number of likely N-dealkylation sites (tertiary alicyclic amines) is 1. The molecule has 1 aliphatic rings. The minimum absolute atomic E-state index is 0.00239. The predicted octanol–water partition coefficient (Wildman–Crippen LogP) is 5.18. The van der Waals surface area contributed by atoms with Gasteiger partial charge in [-0.15, -0.1) is 0 Å². The number of hydrogen-bond donors (Lipinski definition) is 1. The molecule has 6 nitrogen and oxygen atoms in total. The quantitative estimate of drug-likeness (QED) is 0.469. The average molecular weight is 437 g/mol.